The van der Waals surface area contributed by atoms with E-state index in [1.165, 1.54) is 12.8 Å². The van der Waals surface area contributed by atoms with E-state index >= 15 is 0 Å². The molecule has 1 aliphatic rings. The van der Waals surface area contributed by atoms with Gasteiger partial charge in [-0.25, -0.2) is 14.4 Å². The van der Waals surface area contributed by atoms with Crippen LogP contribution in [-0.2, 0) is 19.2 Å². The fourth-order valence-electron chi connectivity index (χ4n) is 3.87. The number of carbonyl (C=O) groups is 5. The first-order chi connectivity index (χ1) is 15.7. The van der Waals surface area contributed by atoms with Gasteiger partial charge in [0, 0.05) is 18.9 Å². The number of hydrogen-bond acceptors (Lipinski definition) is 5. The molecule has 0 spiro atoms. The number of carbonyl (C=O) groups excluding carboxylic acids is 2. The van der Waals surface area contributed by atoms with Gasteiger partial charge in [0.1, 0.15) is 12.1 Å². The molecule has 11 heteroatoms. The van der Waals surface area contributed by atoms with Gasteiger partial charge >= 0.3 is 23.9 Å². The molecule has 6 N–H and O–H groups in total. The number of carboxylic acid groups (broad SMARTS) is 3. The fourth-order valence-corrected chi connectivity index (χ4v) is 3.87. The van der Waals surface area contributed by atoms with E-state index in [1.807, 2.05) is 0 Å². The summed E-state index contributed by atoms with van der Waals surface area (Å²) < 4.78 is 0. The van der Waals surface area contributed by atoms with Crippen LogP contribution in [0.25, 0.3) is 0 Å². The van der Waals surface area contributed by atoms with Crippen LogP contribution in [0.3, 0.4) is 0 Å². The summed E-state index contributed by atoms with van der Waals surface area (Å²) in [7, 11) is 0. The lowest BCUT2D eigenvalue weighted by atomic mass is 9.96. The highest BCUT2D eigenvalue weighted by Gasteiger charge is 2.25. The van der Waals surface area contributed by atoms with E-state index in [1.54, 1.807) is 0 Å². The van der Waals surface area contributed by atoms with Gasteiger partial charge in [0.2, 0.25) is 5.91 Å². The Morgan fingerprint density at radius 3 is 1.76 bits per heavy atom. The standard InChI is InChI=1S/C22H37N3O8/c26-18(27)13-12-17(21(31)32)25-22(33)24-16(20(29)30)11-7-8-14-23-19(28)15-9-5-3-1-2-4-6-10-15/h15-17H,1-14H2,(H,23,28)(H,26,27)(H,29,30)(H,31,32)(H2,24,25,33)/t16-,17-/m0/s1. The lowest BCUT2D eigenvalue weighted by Crippen LogP contribution is -2.51. The third-order valence-electron chi connectivity index (χ3n) is 5.80. The minimum atomic E-state index is -1.44. The highest BCUT2D eigenvalue weighted by molar-refractivity contribution is 5.86. The van der Waals surface area contributed by atoms with Gasteiger partial charge in [0.25, 0.3) is 0 Å². The van der Waals surface area contributed by atoms with Crippen LogP contribution in [0.4, 0.5) is 4.79 Å². The lowest BCUT2D eigenvalue weighted by molar-refractivity contribution is -0.140. The van der Waals surface area contributed by atoms with E-state index in [-0.39, 0.29) is 24.7 Å². The molecule has 0 bridgehead atoms. The Morgan fingerprint density at radius 1 is 0.727 bits per heavy atom. The van der Waals surface area contributed by atoms with Crippen molar-refractivity contribution in [2.24, 2.45) is 5.92 Å². The molecule has 3 amide bonds. The third kappa shape index (κ3) is 12.7. The van der Waals surface area contributed by atoms with E-state index in [2.05, 4.69) is 16.0 Å². The summed E-state index contributed by atoms with van der Waals surface area (Å²) in [5.41, 5.74) is 0. The number of aliphatic carboxylic acids is 3. The third-order valence-corrected chi connectivity index (χ3v) is 5.80. The summed E-state index contributed by atoms with van der Waals surface area (Å²) in [5.74, 6) is -3.80. The number of amides is 3. The molecule has 0 aromatic rings. The van der Waals surface area contributed by atoms with E-state index in [9.17, 15) is 29.1 Å². The van der Waals surface area contributed by atoms with Crippen molar-refractivity contribution in [3.8, 4) is 0 Å². The van der Waals surface area contributed by atoms with Crippen LogP contribution in [0.5, 0.6) is 0 Å². The van der Waals surface area contributed by atoms with E-state index < -0.39 is 42.4 Å². The maximum atomic E-state index is 12.4. The normalized spacial score (nSPS) is 16.8. The molecule has 0 heterocycles. The molecule has 0 aromatic carbocycles. The van der Waals surface area contributed by atoms with Gasteiger partial charge in [-0.05, 0) is 38.5 Å². The van der Waals surface area contributed by atoms with Crippen LogP contribution >= 0.6 is 0 Å². The predicted molar refractivity (Wildman–Crippen MR) is 119 cm³/mol. The molecule has 11 nitrogen and oxygen atoms in total. The average molecular weight is 472 g/mol. The van der Waals surface area contributed by atoms with Gasteiger partial charge in [-0.2, -0.15) is 0 Å². The molecule has 2 atom stereocenters. The monoisotopic (exact) mass is 471 g/mol. The number of nitrogens with one attached hydrogen (secondary N) is 3. The molecule has 1 rings (SSSR count). The minimum absolute atomic E-state index is 0.0311. The number of unbranched alkanes of at least 4 members (excludes halogenated alkanes) is 1. The first-order valence-electron chi connectivity index (χ1n) is 11.7. The first-order valence-corrected chi connectivity index (χ1v) is 11.7. The Bertz CT molecular complexity index is 660. The summed E-state index contributed by atoms with van der Waals surface area (Å²) in [6, 6.07) is -3.67. The van der Waals surface area contributed by atoms with Crippen molar-refractivity contribution in [3.63, 3.8) is 0 Å². The summed E-state index contributed by atoms with van der Waals surface area (Å²) in [6.45, 7) is 0.421. The molecule has 0 aromatic heterocycles. The highest BCUT2D eigenvalue weighted by Crippen LogP contribution is 2.22. The number of hydrogen-bond donors (Lipinski definition) is 6. The van der Waals surface area contributed by atoms with Crippen LogP contribution in [0.2, 0.25) is 0 Å². The smallest absolute Gasteiger partial charge is 0.326 e. The van der Waals surface area contributed by atoms with E-state index in [4.69, 9.17) is 10.2 Å². The van der Waals surface area contributed by atoms with Crippen molar-refractivity contribution in [1.82, 2.24) is 16.0 Å². The maximum Gasteiger partial charge on any atom is 0.326 e. The van der Waals surface area contributed by atoms with Crippen molar-refractivity contribution >= 4 is 29.8 Å². The number of rotatable bonds is 13. The summed E-state index contributed by atoms with van der Waals surface area (Å²) >= 11 is 0. The van der Waals surface area contributed by atoms with Gasteiger partial charge in [0.15, 0.2) is 0 Å². The summed E-state index contributed by atoms with van der Waals surface area (Å²) in [4.78, 5) is 57.6. The maximum absolute atomic E-state index is 12.4. The first kappa shape index (κ1) is 28.2. The highest BCUT2D eigenvalue weighted by atomic mass is 16.4. The van der Waals surface area contributed by atoms with E-state index in [0.717, 1.165) is 38.5 Å². The van der Waals surface area contributed by atoms with Gasteiger partial charge in [-0.1, -0.05) is 38.5 Å². The van der Waals surface area contributed by atoms with Crippen LogP contribution in [0, 0.1) is 5.92 Å². The van der Waals surface area contributed by atoms with E-state index in [0.29, 0.717) is 19.4 Å². The summed E-state index contributed by atoms with van der Waals surface area (Å²) in [6.07, 6.45) is 9.00. The minimum Gasteiger partial charge on any atom is -0.481 e. The molecule has 1 aliphatic carbocycles. The van der Waals surface area contributed by atoms with Gasteiger partial charge in [-0.3, -0.25) is 9.59 Å². The van der Waals surface area contributed by atoms with Crippen LogP contribution in [-0.4, -0.2) is 63.8 Å². The molecule has 0 radical (unpaired) electrons. The van der Waals surface area contributed by atoms with Crippen molar-refractivity contribution in [1.29, 1.82) is 0 Å². The van der Waals surface area contributed by atoms with Crippen molar-refractivity contribution in [2.45, 2.75) is 95.6 Å². The molecule has 0 aliphatic heterocycles. The van der Waals surface area contributed by atoms with Crippen LogP contribution in [0.15, 0.2) is 0 Å². The largest absolute Gasteiger partial charge is 0.481 e. The Hall–Kier alpha value is -2.85. The molecule has 1 fully saturated rings. The summed E-state index contributed by atoms with van der Waals surface area (Å²) in [5, 5.41) is 34.3. The van der Waals surface area contributed by atoms with Crippen LogP contribution in [0.1, 0.15) is 83.5 Å². The number of carboxylic acids is 3. The Balaban J connectivity index is 2.36. The van der Waals surface area contributed by atoms with Crippen molar-refractivity contribution < 1.29 is 39.3 Å². The second-order valence-corrected chi connectivity index (χ2v) is 8.51. The SMILES string of the molecule is O=C(O)CC[C@H](NC(=O)N[C@@H](CCCCNC(=O)C1CCCCCCCC1)C(=O)O)C(=O)O. The Labute approximate surface area is 193 Å². The van der Waals surface area contributed by atoms with Crippen LogP contribution < -0.4 is 16.0 Å². The second-order valence-electron chi connectivity index (χ2n) is 8.51. The molecule has 188 valence electrons. The molecule has 1 saturated carbocycles. The Morgan fingerprint density at radius 2 is 1.24 bits per heavy atom. The fraction of sp³-hybridized carbons (Fsp3) is 0.773. The van der Waals surface area contributed by atoms with Gasteiger partial charge in [-0.15, -0.1) is 0 Å². The van der Waals surface area contributed by atoms with Crippen molar-refractivity contribution in [2.75, 3.05) is 6.54 Å². The average Bonchev–Trinajstić information content (AvgIpc) is 2.89. The zero-order chi connectivity index (χ0) is 24.6. The number of urea groups is 1. The molecular weight excluding hydrogens is 434 g/mol. The molecule has 0 unspecified atom stereocenters. The zero-order valence-corrected chi connectivity index (χ0v) is 19.0. The zero-order valence-electron chi connectivity index (χ0n) is 19.0. The van der Waals surface area contributed by atoms with Gasteiger partial charge in [0.05, 0.1) is 0 Å². The quantitative estimate of drug-likeness (QED) is 0.221. The molecular formula is C22H37N3O8. The van der Waals surface area contributed by atoms with Crippen molar-refractivity contribution in [3.05, 3.63) is 0 Å². The second kappa shape index (κ2) is 15.9. The molecule has 0 saturated heterocycles. The van der Waals surface area contributed by atoms with Gasteiger partial charge < -0.3 is 31.3 Å². The predicted octanol–water partition coefficient (Wildman–Crippen LogP) is 2.09. The topological polar surface area (TPSA) is 182 Å². The lowest BCUT2D eigenvalue weighted by Gasteiger charge is -2.18. The Kier molecular flexibility index (Phi) is 13.6. The molecule has 33 heavy (non-hydrogen) atoms.